The molecule has 4 nitrogen and oxygen atoms in total. The molecule has 0 atom stereocenters. The number of carbonyl (C=O) groups excluding carboxylic acids is 2. The molecule has 0 aromatic carbocycles. The molecule has 2 aliphatic rings. The lowest BCUT2D eigenvalue weighted by Gasteiger charge is -2.25. The zero-order valence-electron chi connectivity index (χ0n) is 20.3. The summed E-state index contributed by atoms with van der Waals surface area (Å²) in [6.07, 6.45) is 19.5. The van der Waals surface area contributed by atoms with Gasteiger partial charge in [-0.05, 0) is 25.9 Å². The van der Waals surface area contributed by atoms with Crippen molar-refractivity contribution in [1.82, 2.24) is 9.80 Å². The summed E-state index contributed by atoms with van der Waals surface area (Å²) in [5.74, 6) is 0.906. The van der Waals surface area contributed by atoms with Crippen molar-refractivity contribution >= 4 is 11.6 Å². The highest BCUT2D eigenvalue weighted by atomic mass is 16.1. The second-order valence-electron chi connectivity index (χ2n) is 9.30. The number of rotatable bonds is 14. The van der Waals surface area contributed by atoms with Crippen LogP contribution >= 0.6 is 0 Å². The molecule has 0 bridgehead atoms. The summed E-state index contributed by atoms with van der Waals surface area (Å²) in [6, 6.07) is 0. The molecular formula is C26H50N2O2. The molecule has 0 aromatic heterocycles. The number of piperidine rings is 2. The van der Waals surface area contributed by atoms with E-state index < -0.39 is 0 Å². The Balaban J connectivity index is 0.000000300. The van der Waals surface area contributed by atoms with Gasteiger partial charge in [0.2, 0.25) is 0 Å². The zero-order chi connectivity index (χ0) is 21.9. The van der Waals surface area contributed by atoms with Crippen molar-refractivity contribution in [2.75, 3.05) is 39.3 Å². The third-order valence-electron chi connectivity index (χ3n) is 6.48. The molecule has 4 heteroatoms. The Labute approximate surface area is 187 Å². The Bertz CT molecular complexity index is 379. The zero-order valence-corrected chi connectivity index (χ0v) is 20.3. The summed E-state index contributed by atoms with van der Waals surface area (Å²) in [4.78, 5) is 27.0. The molecule has 0 aliphatic carbocycles. The van der Waals surface area contributed by atoms with E-state index in [9.17, 15) is 9.59 Å². The van der Waals surface area contributed by atoms with Crippen molar-refractivity contribution in [3.8, 4) is 0 Å². The number of likely N-dealkylation sites (tertiary alicyclic amines) is 2. The molecule has 30 heavy (non-hydrogen) atoms. The molecule has 176 valence electrons. The van der Waals surface area contributed by atoms with Gasteiger partial charge in [-0.25, -0.2) is 0 Å². The van der Waals surface area contributed by atoms with Crippen molar-refractivity contribution in [2.24, 2.45) is 0 Å². The normalized spacial score (nSPS) is 18.3. The fourth-order valence-electron chi connectivity index (χ4n) is 4.28. The fourth-order valence-corrected chi connectivity index (χ4v) is 4.28. The Morgan fingerprint density at radius 3 is 1.13 bits per heavy atom. The van der Waals surface area contributed by atoms with Crippen LogP contribution in [0.4, 0.5) is 0 Å². The Kier molecular flexibility index (Phi) is 17.3. The molecule has 2 saturated heterocycles. The van der Waals surface area contributed by atoms with Gasteiger partial charge in [0.05, 0.1) is 0 Å². The predicted molar refractivity (Wildman–Crippen MR) is 128 cm³/mol. The second kappa shape index (κ2) is 19.0. The lowest BCUT2D eigenvalue weighted by atomic mass is 10.1. The highest BCUT2D eigenvalue weighted by Crippen LogP contribution is 2.10. The number of carbonyl (C=O) groups is 2. The number of nitrogens with zero attached hydrogens (tertiary/aromatic N) is 2. The van der Waals surface area contributed by atoms with E-state index in [0.717, 1.165) is 51.9 Å². The van der Waals surface area contributed by atoms with Crippen LogP contribution in [0.15, 0.2) is 0 Å². The molecule has 0 N–H and O–H groups in total. The molecule has 0 saturated carbocycles. The van der Waals surface area contributed by atoms with E-state index in [1.807, 2.05) is 0 Å². The predicted octanol–water partition coefficient (Wildman–Crippen LogP) is 6.02. The van der Waals surface area contributed by atoms with Gasteiger partial charge >= 0.3 is 0 Å². The van der Waals surface area contributed by atoms with E-state index in [1.54, 1.807) is 0 Å². The summed E-state index contributed by atoms with van der Waals surface area (Å²) in [5.41, 5.74) is 0. The van der Waals surface area contributed by atoms with E-state index in [1.165, 1.54) is 90.1 Å². The number of hydrogen-bond acceptors (Lipinski definition) is 4. The van der Waals surface area contributed by atoms with E-state index >= 15 is 0 Å². The molecular weight excluding hydrogens is 372 g/mol. The van der Waals surface area contributed by atoms with Crippen molar-refractivity contribution in [1.29, 1.82) is 0 Å². The molecule has 2 rings (SSSR count). The van der Waals surface area contributed by atoms with Gasteiger partial charge in [-0.1, -0.05) is 78.1 Å². The summed E-state index contributed by atoms with van der Waals surface area (Å²) < 4.78 is 0. The maximum Gasteiger partial charge on any atom is 0.135 e. The summed E-state index contributed by atoms with van der Waals surface area (Å²) in [5, 5.41) is 0. The smallest absolute Gasteiger partial charge is 0.135 e. The van der Waals surface area contributed by atoms with Crippen molar-refractivity contribution in [3.63, 3.8) is 0 Å². The Morgan fingerprint density at radius 2 is 0.800 bits per heavy atom. The van der Waals surface area contributed by atoms with Crippen LogP contribution < -0.4 is 0 Å². The van der Waals surface area contributed by atoms with Gasteiger partial charge in [-0.2, -0.15) is 0 Å². The lowest BCUT2D eigenvalue weighted by molar-refractivity contribution is -0.122. The number of ketones is 2. The van der Waals surface area contributed by atoms with E-state index in [-0.39, 0.29) is 0 Å². The third kappa shape index (κ3) is 15.1. The van der Waals surface area contributed by atoms with Crippen LogP contribution in [0.3, 0.4) is 0 Å². The van der Waals surface area contributed by atoms with Crippen LogP contribution in [-0.2, 0) is 9.59 Å². The van der Waals surface area contributed by atoms with Crippen LogP contribution in [0.5, 0.6) is 0 Å². The summed E-state index contributed by atoms with van der Waals surface area (Å²) in [6.45, 7) is 11.0. The first kappa shape index (κ1) is 27.3. The molecule has 0 spiro atoms. The van der Waals surface area contributed by atoms with E-state index in [4.69, 9.17) is 0 Å². The van der Waals surface area contributed by atoms with Crippen molar-refractivity contribution < 1.29 is 9.59 Å². The lowest BCUT2D eigenvalue weighted by Crippen LogP contribution is -2.34. The molecule has 0 radical (unpaired) electrons. The maximum atomic E-state index is 11.0. The molecule has 0 aromatic rings. The minimum atomic E-state index is 0.453. The quantitative estimate of drug-likeness (QED) is 0.321. The second-order valence-corrected chi connectivity index (χ2v) is 9.30. The van der Waals surface area contributed by atoms with Gasteiger partial charge in [0.15, 0.2) is 0 Å². The third-order valence-corrected chi connectivity index (χ3v) is 6.48. The highest BCUT2D eigenvalue weighted by molar-refractivity contribution is 5.79. The van der Waals surface area contributed by atoms with E-state index in [2.05, 4.69) is 23.6 Å². The monoisotopic (exact) mass is 422 g/mol. The first-order valence-corrected chi connectivity index (χ1v) is 13.1. The summed E-state index contributed by atoms with van der Waals surface area (Å²) in [7, 11) is 0. The van der Waals surface area contributed by atoms with Gasteiger partial charge in [0.25, 0.3) is 0 Å². The van der Waals surface area contributed by atoms with Gasteiger partial charge in [0.1, 0.15) is 11.6 Å². The first-order chi connectivity index (χ1) is 14.7. The van der Waals surface area contributed by atoms with Gasteiger partial charge in [-0.3, -0.25) is 9.59 Å². The van der Waals surface area contributed by atoms with Crippen LogP contribution in [0.1, 0.15) is 117 Å². The number of Topliss-reactive ketones (excluding diaryl/α,β-unsaturated/α-hetero) is 2. The van der Waals surface area contributed by atoms with Gasteiger partial charge < -0.3 is 9.80 Å². The maximum absolute atomic E-state index is 11.0. The minimum Gasteiger partial charge on any atom is -0.302 e. The molecule has 0 unspecified atom stereocenters. The van der Waals surface area contributed by atoms with Crippen LogP contribution in [-0.4, -0.2) is 60.6 Å². The Morgan fingerprint density at radius 1 is 0.500 bits per heavy atom. The number of unbranched alkanes of at least 4 members (excludes halogenated alkanes) is 10. The molecule has 0 amide bonds. The molecule has 2 heterocycles. The van der Waals surface area contributed by atoms with Gasteiger partial charge in [-0.15, -0.1) is 0 Å². The van der Waals surface area contributed by atoms with E-state index in [0.29, 0.717) is 11.6 Å². The minimum absolute atomic E-state index is 0.453. The Hall–Kier alpha value is -0.740. The largest absolute Gasteiger partial charge is 0.302 e. The van der Waals surface area contributed by atoms with Crippen LogP contribution in [0.2, 0.25) is 0 Å². The van der Waals surface area contributed by atoms with Crippen LogP contribution in [0.25, 0.3) is 0 Å². The average Bonchev–Trinajstić information content (AvgIpc) is 2.76. The number of hydrogen-bond donors (Lipinski definition) is 0. The highest BCUT2D eigenvalue weighted by Gasteiger charge is 2.15. The van der Waals surface area contributed by atoms with Crippen LogP contribution in [0, 0.1) is 0 Å². The van der Waals surface area contributed by atoms with Gasteiger partial charge in [0, 0.05) is 51.9 Å². The van der Waals surface area contributed by atoms with Crippen molar-refractivity contribution in [2.45, 2.75) is 117 Å². The first-order valence-electron chi connectivity index (χ1n) is 13.1. The summed E-state index contributed by atoms with van der Waals surface area (Å²) >= 11 is 0. The fraction of sp³-hybridized carbons (Fsp3) is 0.923. The average molecular weight is 423 g/mol. The standard InChI is InChI=1S/2C13H25NO/c2*1-2-3-4-5-6-7-10-14-11-8-13(15)9-12-14/h2*2-12H2,1H3. The SMILES string of the molecule is CCCCCCCCN1CCC(=O)CC1.CCCCCCCCN1CCC(=O)CC1. The molecule has 2 fully saturated rings. The van der Waals surface area contributed by atoms with Crippen molar-refractivity contribution in [3.05, 3.63) is 0 Å². The topological polar surface area (TPSA) is 40.6 Å². The molecule has 2 aliphatic heterocycles.